The van der Waals surface area contributed by atoms with Crippen LogP contribution < -0.4 is 5.73 Å². The summed E-state index contributed by atoms with van der Waals surface area (Å²) in [4.78, 5) is 5.11. The number of benzene rings is 1. The molecule has 3 unspecified atom stereocenters. The maximum atomic E-state index is 6.23. The quantitative estimate of drug-likeness (QED) is 0.914. The van der Waals surface area contributed by atoms with E-state index >= 15 is 0 Å². The predicted octanol–water partition coefficient (Wildman–Crippen LogP) is 2.30. The molecule has 1 aromatic carbocycles. The minimum atomic E-state index is 0.195. The van der Waals surface area contributed by atoms with Crippen LogP contribution in [0.25, 0.3) is 0 Å². The van der Waals surface area contributed by atoms with Gasteiger partial charge in [0, 0.05) is 29.6 Å². The fourth-order valence-corrected chi connectivity index (χ4v) is 4.24. The summed E-state index contributed by atoms with van der Waals surface area (Å²) in [5.41, 5.74) is 7.79. The van der Waals surface area contributed by atoms with Crippen molar-refractivity contribution in [3.8, 4) is 0 Å². The molecule has 4 heteroatoms. The third-order valence-corrected chi connectivity index (χ3v) is 5.87. The summed E-state index contributed by atoms with van der Waals surface area (Å²) in [6.07, 6.45) is 2.52. The molecule has 3 rings (SSSR count). The average Bonchev–Trinajstić information content (AvgIpc) is 2.86. The second kappa shape index (κ2) is 5.76. The monoisotopic (exact) mass is 337 g/mol. The smallest absolute Gasteiger partial charge is 0.0385 e. The van der Waals surface area contributed by atoms with E-state index in [1.165, 1.54) is 38.0 Å². The highest BCUT2D eigenvalue weighted by Crippen LogP contribution is 2.39. The molecule has 2 N–H and O–H groups in total. The summed E-state index contributed by atoms with van der Waals surface area (Å²) in [5.74, 6) is 0.738. The third-order valence-electron chi connectivity index (χ3n) is 5.34. The molecule has 2 fully saturated rings. The van der Waals surface area contributed by atoms with Crippen LogP contribution >= 0.6 is 15.9 Å². The summed E-state index contributed by atoms with van der Waals surface area (Å²) in [7, 11) is 2.25. The molecule has 0 radical (unpaired) electrons. The molecule has 0 saturated carbocycles. The van der Waals surface area contributed by atoms with Crippen LogP contribution in [0.5, 0.6) is 0 Å². The normalized spacial score (nSPS) is 32.8. The van der Waals surface area contributed by atoms with Crippen LogP contribution in [0.4, 0.5) is 0 Å². The van der Waals surface area contributed by atoms with Gasteiger partial charge in [0.05, 0.1) is 0 Å². The largest absolute Gasteiger partial charge is 0.329 e. The van der Waals surface area contributed by atoms with Gasteiger partial charge >= 0.3 is 0 Å². The molecule has 2 saturated heterocycles. The number of hydrogen-bond donors (Lipinski definition) is 1. The van der Waals surface area contributed by atoms with Crippen LogP contribution in [-0.2, 0) is 6.54 Å². The van der Waals surface area contributed by atoms with E-state index < -0.39 is 0 Å². The second-order valence-corrected chi connectivity index (χ2v) is 7.24. The molecule has 2 aliphatic heterocycles. The zero-order chi connectivity index (χ0) is 14.2. The van der Waals surface area contributed by atoms with Crippen molar-refractivity contribution in [2.24, 2.45) is 11.7 Å². The van der Waals surface area contributed by atoms with Gasteiger partial charge in [-0.05, 0) is 56.6 Å². The average molecular weight is 338 g/mol. The van der Waals surface area contributed by atoms with E-state index in [4.69, 9.17) is 5.73 Å². The topological polar surface area (TPSA) is 32.5 Å². The van der Waals surface area contributed by atoms with Gasteiger partial charge < -0.3 is 10.6 Å². The Hall–Kier alpha value is -0.420. The minimum absolute atomic E-state index is 0.195. The molecule has 2 aliphatic rings. The highest BCUT2D eigenvalue weighted by Gasteiger charge is 2.47. The first-order valence-electron chi connectivity index (χ1n) is 7.52. The fraction of sp³-hybridized carbons (Fsp3) is 0.625. The van der Waals surface area contributed by atoms with Gasteiger partial charge in [-0.15, -0.1) is 0 Å². The first kappa shape index (κ1) is 14.5. The van der Waals surface area contributed by atoms with Crippen molar-refractivity contribution in [1.29, 1.82) is 0 Å². The molecule has 0 aliphatic carbocycles. The Morgan fingerprint density at radius 3 is 2.80 bits per heavy atom. The number of piperidine rings is 1. The molecule has 0 spiro atoms. The zero-order valence-corrected chi connectivity index (χ0v) is 13.8. The van der Waals surface area contributed by atoms with E-state index in [1.54, 1.807) is 0 Å². The number of likely N-dealkylation sites (N-methyl/N-ethyl adjacent to an activating group) is 1. The molecule has 20 heavy (non-hydrogen) atoms. The summed E-state index contributed by atoms with van der Waals surface area (Å²) in [5, 5.41) is 0. The summed E-state index contributed by atoms with van der Waals surface area (Å²) < 4.78 is 1.14. The van der Waals surface area contributed by atoms with Gasteiger partial charge in [-0.25, -0.2) is 0 Å². The van der Waals surface area contributed by atoms with Crippen LogP contribution in [0.2, 0.25) is 0 Å². The van der Waals surface area contributed by atoms with Gasteiger partial charge in [-0.2, -0.15) is 0 Å². The van der Waals surface area contributed by atoms with Crippen LogP contribution in [0.3, 0.4) is 0 Å². The molecular formula is C16H24BrN3. The lowest BCUT2D eigenvalue weighted by Crippen LogP contribution is -2.60. The number of hydrogen-bond acceptors (Lipinski definition) is 3. The number of nitrogens with zero attached hydrogens (tertiary/aromatic N) is 2. The van der Waals surface area contributed by atoms with Gasteiger partial charge in [-0.1, -0.05) is 28.1 Å². The van der Waals surface area contributed by atoms with Crippen molar-refractivity contribution in [2.45, 2.75) is 24.9 Å². The lowest BCUT2D eigenvalue weighted by molar-refractivity contribution is 0.0212. The van der Waals surface area contributed by atoms with Gasteiger partial charge in [0.15, 0.2) is 0 Å². The number of fused-ring (bicyclic) bond motifs is 2. The summed E-state index contributed by atoms with van der Waals surface area (Å²) in [6, 6.07) is 8.65. The molecule has 0 aromatic heterocycles. The van der Waals surface area contributed by atoms with E-state index in [0.717, 1.165) is 23.5 Å². The molecule has 0 amide bonds. The molecular weight excluding hydrogens is 314 g/mol. The standard InChI is InChI=1S/C16H24BrN3/c1-19(10-13-2-4-15(17)5-3-13)16(12-18)7-9-20-8-6-14(16)11-20/h2-5,14H,6-12,18H2,1H3. The molecule has 110 valence electrons. The van der Waals surface area contributed by atoms with E-state index in [0.29, 0.717) is 0 Å². The fourth-order valence-electron chi connectivity index (χ4n) is 3.98. The molecule has 1 aromatic rings. The van der Waals surface area contributed by atoms with E-state index in [2.05, 4.69) is 57.0 Å². The van der Waals surface area contributed by atoms with E-state index in [9.17, 15) is 0 Å². The Balaban J connectivity index is 1.76. The molecule has 3 nitrogen and oxygen atoms in total. The Bertz CT molecular complexity index is 461. The summed E-state index contributed by atoms with van der Waals surface area (Å²) >= 11 is 3.50. The summed E-state index contributed by atoms with van der Waals surface area (Å²) in [6.45, 7) is 5.47. The van der Waals surface area contributed by atoms with E-state index in [-0.39, 0.29) is 5.54 Å². The van der Waals surface area contributed by atoms with Crippen molar-refractivity contribution in [3.05, 3.63) is 34.3 Å². The lowest BCUT2D eigenvalue weighted by atomic mass is 9.77. The van der Waals surface area contributed by atoms with Gasteiger partial charge in [0.25, 0.3) is 0 Å². The van der Waals surface area contributed by atoms with Gasteiger partial charge in [-0.3, -0.25) is 4.90 Å². The minimum Gasteiger partial charge on any atom is -0.329 e. The molecule has 2 bridgehead atoms. The Kier molecular flexibility index (Phi) is 4.18. The Morgan fingerprint density at radius 2 is 2.10 bits per heavy atom. The highest BCUT2D eigenvalue weighted by molar-refractivity contribution is 9.10. The van der Waals surface area contributed by atoms with Crippen LogP contribution in [0.1, 0.15) is 18.4 Å². The SMILES string of the molecule is CN(Cc1ccc(Br)cc1)C1(CN)CCN2CCC1C2. The predicted molar refractivity (Wildman–Crippen MR) is 86.6 cm³/mol. The first-order chi connectivity index (χ1) is 9.64. The maximum absolute atomic E-state index is 6.23. The van der Waals surface area contributed by atoms with Crippen LogP contribution in [0.15, 0.2) is 28.7 Å². The van der Waals surface area contributed by atoms with Crippen LogP contribution in [0, 0.1) is 5.92 Å². The first-order valence-corrected chi connectivity index (χ1v) is 8.31. The lowest BCUT2D eigenvalue weighted by Gasteiger charge is -2.48. The third kappa shape index (κ3) is 2.54. The van der Waals surface area contributed by atoms with Gasteiger partial charge in [0.1, 0.15) is 0 Å². The molecule has 3 atom stereocenters. The Morgan fingerprint density at radius 1 is 1.35 bits per heavy atom. The number of nitrogens with two attached hydrogens (primary N) is 1. The highest BCUT2D eigenvalue weighted by atomic mass is 79.9. The van der Waals surface area contributed by atoms with Crippen molar-refractivity contribution in [3.63, 3.8) is 0 Å². The van der Waals surface area contributed by atoms with Crippen molar-refractivity contribution in [1.82, 2.24) is 9.80 Å². The van der Waals surface area contributed by atoms with E-state index in [1.807, 2.05) is 0 Å². The number of rotatable bonds is 4. The second-order valence-electron chi connectivity index (χ2n) is 6.33. The van der Waals surface area contributed by atoms with Crippen molar-refractivity contribution < 1.29 is 0 Å². The number of halogens is 1. The Labute approximate surface area is 130 Å². The van der Waals surface area contributed by atoms with Crippen molar-refractivity contribution in [2.75, 3.05) is 33.2 Å². The van der Waals surface area contributed by atoms with Gasteiger partial charge in [0.2, 0.25) is 0 Å². The molecule has 2 heterocycles. The zero-order valence-electron chi connectivity index (χ0n) is 12.2. The van der Waals surface area contributed by atoms with Crippen molar-refractivity contribution >= 4 is 15.9 Å². The van der Waals surface area contributed by atoms with Crippen LogP contribution in [-0.4, -0.2) is 48.6 Å². The maximum Gasteiger partial charge on any atom is 0.0385 e.